The first-order chi connectivity index (χ1) is 15.0. The van der Waals surface area contributed by atoms with Crippen molar-refractivity contribution in [1.82, 2.24) is 5.32 Å². The van der Waals surface area contributed by atoms with E-state index in [1.807, 2.05) is 0 Å². The number of urea groups is 1. The Balaban J connectivity index is 2.18. The normalized spacial score (nSPS) is 16.8. The molecule has 1 aliphatic heterocycles. The van der Waals surface area contributed by atoms with Crippen LogP contribution in [-0.4, -0.2) is 27.5 Å². The zero-order valence-corrected chi connectivity index (χ0v) is 16.3. The van der Waals surface area contributed by atoms with Gasteiger partial charge in [0.25, 0.3) is 5.69 Å². The van der Waals surface area contributed by atoms with Gasteiger partial charge < -0.3 is 15.5 Å². The average Bonchev–Trinajstić information content (AvgIpc) is 2.72. The van der Waals surface area contributed by atoms with E-state index in [1.54, 1.807) is 6.07 Å². The molecule has 0 fully saturated rings. The van der Waals surface area contributed by atoms with Crippen LogP contribution in [0.1, 0.15) is 29.7 Å². The summed E-state index contributed by atoms with van der Waals surface area (Å²) in [6.07, 6.45) is -6.88. The van der Waals surface area contributed by atoms with E-state index in [0.717, 1.165) is 29.2 Å². The maximum absolute atomic E-state index is 13.1. The summed E-state index contributed by atoms with van der Waals surface area (Å²) in [4.78, 5) is 24.4. The lowest BCUT2D eigenvalue weighted by Gasteiger charge is -2.37. The molecule has 0 radical (unpaired) electrons. The summed E-state index contributed by atoms with van der Waals surface area (Å²) in [6, 6.07) is 6.70. The predicted molar refractivity (Wildman–Crippen MR) is 104 cm³/mol. The van der Waals surface area contributed by atoms with Crippen molar-refractivity contribution in [3.63, 3.8) is 0 Å². The summed E-state index contributed by atoms with van der Waals surface area (Å²) in [7, 11) is 0. The second kappa shape index (κ2) is 8.29. The van der Waals surface area contributed by atoms with Gasteiger partial charge in [0.2, 0.25) is 0 Å². The van der Waals surface area contributed by atoms with E-state index < -0.39 is 40.7 Å². The van der Waals surface area contributed by atoms with Crippen LogP contribution in [-0.2, 0) is 6.18 Å². The van der Waals surface area contributed by atoms with Crippen molar-refractivity contribution in [2.75, 3.05) is 4.90 Å². The van der Waals surface area contributed by atoms with Crippen molar-refractivity contribution in [1.29, 1.82) is 5.26 Å². The van der Waals surface area contributed by atoms with E-state index >= 15 is 0 Å². The van der Waals surface area contributed by atoms with Gasteiger partial charge >= 0.3 is 12.2 Å². The molecule has 1 heterocycles. The number of rotatable bonds is 4. The SMILES string of the molecule is CC1=C(C(O)O)[C@@H](c2ccc(C#N)cc2[N+](=O)[O-])NC(=O)N1c1cccc(C(F)(F)F)c1. The Morgan fingerprint density at radius 1 is 1.25 bits per heavy atom. The smallest absolute Gasteiger partial charge is 0.364 e. The van der Waals surface area contributed by atoms with Crippen molar-refractivity contribution in [2.45, 2.75) is 25.4 Å². The fourth-order valence-electron chi connectivity index (χ4n) is 3.48. The first kappa shape index (κ1) is 22.7. The van der Waals surface area contributed by atoms with E-state index in [4.69, 9.17) is 5.26 Å². The third kappa shape index (κ3) is 4.11. The van der Waals surface area contributed by atoms with Crippen LogP contribution >= 0.6 is 0 Å². The molecule has 0 unspecified atom stereocenters. The Morgan fingerprint density at radius 2 is 1.94 bits per heavy atom. The Labute approximate surface area is 178 Å². The van der Waals surface area contributed by atoms with Crippen LogP contribution in [0, 0.1) is 21.4 Å². The van der Waals surface area contributed by atoms with E-state index in [0.29, 0.717) is 0 Å². The van der Waals surface area contributed by atoms with Gasteiger partial charge in [0.15, 0.2) is 6.29 Å². The molecular weight excluding hydrogens is 433 g/mol. The van der Waals surface area contributed by atoms with Crippen LogP contribution < -0.4 is 10.2 Å². The number of hydrogen-bond donors (Lipinski definition) is 3. The highest BCUT2D eigenvalue weighted by Crippen LogP contribution is 2.39. The molecule has 0 aromatic heterocycles. The molecule has 3 N–H and O–H groups in total. The van der Waals surface area contributed by atoms with Gasteiger partial charge in [-0.3, -0.25) is 15.0 Å². The van der Waals surface area contributed by atoms with Gasteiger partial charge in [0.05, 0.1) is 39.4 Å². The highest BCUT2D eigenvalue weighted by Gasteiger charge is 2.39. The molecule has 166 valence electrons. The molecule has 0 saturated carbocycles. The number of halogens is 3. The van der Waals surface area contributed by atoms with Crippen molar-refractivity contribution < 1.29 is 33.1 Å². The summed E-state index contributed by atoms with van der Waals surface area (Å²) < 4.78 is 39.3. The Bertz CT molecular complexity index is 1170. The van der Waals surface area contributed by atoms with Crippen LogP contribution in [0.25, 0.3) is 0 Å². The van der Waals surface area contributed by atoms with E-state index in [1.165, 1.54) is 25.1 Å². The molecule has 0 saturated heterocycles. The molecule has 0 spiro atoms. The molecule has 9 nitrogen and oxygen atoms in total. The summed E-state index contributed by atoms with van der Waals surface area (Å²) in [5.74, 6) is 0. The van der Waals surface area contributed by atoms with Crippen LogP contribution in [0.4, 0.5) is 29.3 Å². The van der Waals surface area contributed by atoms with E-state index in [-0.39, 0.29) is 28.1 Å². The van der Waals surface area contributed by atoms with E-state index in [2.05, 4.69) is 5.32 Å². The fourth-order valence-corrected chi connectivity index (χ4v) is 3.48. The molecule has 1 atom stereocenters. The summed E-state index contributed by atoms with van der Waals surface area (Å²) in [6.45, 7) is 1.27. The van der Waals surface area contributed by atoms with E-state index in [9.17, 15) is 38.3 Å². The van der Waals surface area contributed by atoms with Crippen LogP contribution in [0.3, 0.4) is 0 Å². The third-order valence-electron chi connectivity index (χ3n) is 4.91. The van der Waals surface area contributed by atoms with Crippen LogP contribution in [0.2, 0.25) is 0 Å². The topological polar surface area (TPSA) is 140 Å². The second-order valence-corrected chi connectivity index (χ2v) is 6.82. The molecule has 3 rings (SSSR count). The molecule has 0 bridgehead atoms. The van der Waals surface area contributed by atoms with Gasteiger partial charge in [0, 0.05) is 17.3 Å². The number of nitro groups is 1. The number of nitriles is 1. The maximum Gasteiger partial charge on any atom is 0.416 e. The van der Waals surface area contributed by atoms with Gasteiger partial charge in [-0.1, -0.05) is 6.07 Å². The maximum atomic E-state index is 13.1. The third-order valence-corrected chi connectivity index (χ3v) is 4.91. The lowest BCUT2D eigenvalue weighted by atomic mass is 9.92. The number of nitrogens with one attached hydrogen (secondary N) is 1. The number of alkyl halides is 3. The minimum atomic E-state index is -4.68. The van der Waals surface area contributed by atoms with Crippen molar-refractivity contribution in [2.24, 2.45) is 0 Å². The number of allylic oxidation sites excluding steroid dienone is 1. The fraction of sp³-hybridized carbons (Fsp3) is 0.200. The Kier molecular flexibility index (Phi) is 5.89. The van der Waals surface area contributed by atoms with Crippen LogP contribution in [0.15, 0.2) is 53.7 Å². The molecule has 2 aromatic rings. The first-order valence-electron chi connectivity index (χ1n) is 8.98. The lowest BCUT2D eigenvalue weighted by Crippen LogP contribution is -2.48. The average molecular weight is 448 g/mol. The van der Waals surface area contributed by atoms with Crippen molar-refractivity contribution >= 4 is 17.4 Å². The standard InChI is InChI=1S/C20H15F3N4O5/c1-10-16(18(28)29)17(14-6-5-11(9-24)7-15(14)27(31)32)25-19(30)26(10)13-4-2-3-12(8-13)20(21,22)23/h2-8,17-18,28-29H,1H3,(H,25,30)/t17-/m1/s1. The zero-order chi connectivity index (χ0) is 23.8. The summed E-state index contributed by atoms with van der Waals surface area (Å²) in [5, 5.41) is 42.8. The van der Waals surface area contributed by atoms with Gasteiger partial charge in [-0.2, -0.15) is 18.4 Å². The Hall–Kier alpha value is -3.95. The molecule has 12 heteroatoms. The number of anilines is 1. The molecule has 0 aliphatic carbocycles. The quantitative estimate of drug-likeness (QED) is 0.372. The zero-order valence-electron chi connectivity index (χ0n) is 16.3. The number of hydrogen-bond acceptors (Lipinski definition) is 6. The minimum absolute atomic E-state index is 0.0278. The number of carbonyl (C=O) groups is 1. The molecular formula is C20H15F3N4O5. The van der Waals surface area contributed by atoms with Crippen molar-refractivity contribution in [3.05, 3.63) is 80.5 Å². The second-order valence-electron chi connectivity index (χ2n) is 6.82. The number of nitrogens with zero attached hydrogens (tertiary/aromatic N) is 3. The molecule has 32 heavy (non-hydrogen) atoms. The minimum Gasteiger partial charge on any atom is -0.364 e. The lowest BCUT2D eigenvalue weighted by molar-refractivity contribution is -0.385. The summed E-state index contributed by atoms with van der Waals surface area (Å²) in [5.41, 5.74) is -2.32. The number of carbonyl (C=O) groups excluding carboxylic acids is 1. The monoisotopic (exact) mass is 448 g/mol. The highest BCUT2D eigenvalue weighted by molar-refractivity contribution is 5.97. The first-order valence-corrected chi connectivity index (χ1v) is 8.98. The van der Waals surface area contributed by atoms with Crippen molar-refractivity contribution in [3.8, 4) is 6.07 Å². The highest BCUT2D eigenvalue weighted by atomic mass is 19.4. The number of nitro benzene ring substituents is 1. The van der Waals surface area contributed by atoms with Gasteiger partial charge in [-0.05, 0) is 37.3 Å². The number of aliphatic hydroxyl groups is 2. The number of aliphatic hydroxyl groups excluding tert-OH is 1. The van der Waals surface area contributed by atoms with Gasteiger partial charge in [0.1, 0.15) is 0 Å². The molecule has 2 aromatic carbocycles. The van der Waals surface area contributed by atoms with Gasteiger partial charge in [-0.15, -0.1) is 0 Å². The largest absolute Gasteiger partial charge is 0.416 e. The number of amides is 2. The summed E-state index contributed by atoms with van der Waals surface area (Å²) >= 11 is 0. The molecule has 2 amide bonds. The molecule has 1 aliphatic rings. The van der Waals surface area contributed by atoms with Crippen LogP contribution in [0.5, 0.6) is 0 Å². The van der Waals surface area contributed by atoms with Gasteiger partial charge in [-0.25, -0.2) is 4.79 Å². The Morgan fingerprint density at radius 3 is 2.50 bits per heavy atom. The number of benzene rings is 2. The predicted octanol–water partition coefficient (Wildman–Crippen LogP) is 3.34.